The van der Waals surface area contributed by atoms with E-state index in [1.165, 1.54) is 20.1 Å². The van der Waals surface area contributed by atoms with Gasteiger partial charge in [0.25, 0.3) is 0 Å². The van der Waals surface area contributed by atoms with Gasteiger partial charge in [0.2, 0.25) is 5.91 Å². The highest BCUT2D eigenvalue weighted by Gasteiger charge is 2.52. The van der Waals surface area contributed by atoms with Gasteiger partial charge in [-0.3, -0.25) is 9.59 Å². The first-order valence-corrected chi connectivity index (χ1v) is 22.8. The molecule has 4 N–H and O–H groups in total. The van der Waals surface area contributed by atoms with Crippen LogP contribution in [0.3, 0.4) is 0 Å². The van der Waals surface area contributed by atoms with E-state index in [1.54, 1.807) is 53.5 Å². The summed E-state index contributed by atoms with van der Waals surface area (Å²) >= 11 is 0. The first kappa shape index (κ1) is 54.1. The van der Waals surface area contributed by atoms with E-state index < -0.39 is 114 Å². The van der Waals surface area contributed by atoms with Crippen LogP contribution in [0.15, 0.2) is 12.2 Å². The molecule has 3 fully saturated rings. The second-order valence-electron chi connectivity index (χ2n) is 19.4. The van der Waals surface area contributed by atoms with Gasteiger partial charge in [0.1, 0.15) is 23.9 Å². The number of amides is 1. The molecule has 1 amide bonds. The molecule has 3 aliphatic rings. The molecule has 360 valence electrons. The molecule has 0 spiro atoms. The summed E-state index contributed by atoms with van der Waals surface area (Å²) in [6, 6.07) is -0.961. The number of hydrogen-bond donors (Lipinski definition) is 4. The molecule has 3 heterocycles. The summed E-state index contributed by atoms with van der Waals surface area (Å²) in [5.41, 5.74) is -4.48. The van der Waals surface area contributed by atoms with E-state index in [4.69, 9.17) is 33.2 Å². The third kappa shape index (κ3) is 13.2. The molecule has 0 bridgehead atoms. The molecule has 0 radical (unpaired) electrons. The normalized spacial score (nSPS) is 43.3. The van der Waals surface area contributed by atoms with Gasteiger partial charge < -0.3 is 63.4 Å². The maximum Gasteiger partial charge on any atom is 0.330 e. The van der Waals surface area contributed by atoms with E-state index in [1.807, 2.05) is 46.6 Å². The fourth-order valence-corrected chi connectivity index (χ4v) is 9.68. The first-order valence-electron chi connectivity index (χ1n) is 22.8. The lowest BCUT2D eigenvalue weighted by Gasteiger charge is -2.49. The highest BCUT2D eigenvalue weighted by atomic mass is 16.7. The lowest BCUT2D eigenvalue weighted by atomic mass is 9.77. The van der Waals surface area contributed by atoms with Crippen LogP contribution in [0.5, 0.6) is 0 Å². The summed E-state index contributed by atoms with van der Waals surface area (Å²) in [5, 5.41) is 47.2. The Morgan fingerprint density at radius 2 is 1.58 bits per heavy atom. The highest BCUT2D eigenvalue weighted by molar-refractivity contribution is 5.94. The number of carbonyl (C=O) groups is 3. The van der Waals surface area contributed by atoms with E-state index in [0.29, 0.717) is 13.0 Å². The molecule has 0 aromatic heterocycles. The number of unbranched alkanes of at least 4 members (excludes halogenated alkanes) is 1. The first-order chi connectivity index (χ1) is 28.8. The van der Waals surface area contributed by atoms with Crippen molar-refractivity contribution in [2.75, 3.05) is 34.4 Å². The number of nitrogens with zero attached hydrogens (tertiary/aromatic N) is 2. The maximum absolute atomic E-state index is 14.4. The Hall–Kier alpha value is -2.25. The Morgan fingerprint density at radius 3 is 2.18 bits per heavy atom. The minimum absolute atomic E-state index is 0.106. The molecule has 16 nitrogen and oxygen atoms in total. The maximum atomic E-state index is 14.4. The number of aliphatic hydroxyl groups is 4. The van der Waals surface area contributed by atoms with Crippen LogP contribution in [-0.2, 0) is 47.5 Å². The molecule has 3 saturated heterocycles. The summed E-state index contributed by atoms with van der Waals surface area (Å²) < 4.78 is 43.5. The lowest BCUT2D eigenvalue weighted by Crippen LogP contribution is -2.60. The number of aliphatic hydroxyl groups excluding tert-OH is 2. The minimum atomic E-state index is -1.83. The number of carbonyl (C=O) groups excluding carboxylic acids is 3. The van der Waals surface area contributed by atoms with Crippen LogP contribution in [-0.4, -0.2) is 167 Å². The van der Waals surface area contributed by atoms with Gasteiger partial charge in [-0.25, -0.2) is 4.79 Å². The zero-order valence-corrected chi connectivity index (χ0v) is 40.2. The van der Waals surface area contributed by atoms with E-state index in [0.717, 1.165) is 18.9 Å². The summed E-state index contributed by atoms with van der Waals surface area (Å²) in [5.74, 6) is -4.13. The summed E-state index contributed by atoms with van der Waals surface area (Å²) in [4.78, 5) is 43.6. The topological polar surface area (TPSA) is 203 Å². The molecule has 0 aromatic carbocycles. The van der Waals surface area contributed by atoms with Crippen LogP contribution in [0, 0.1) is 23.7 Å². The standard InChI is InChI=1S/C46H82N2O14/c1-16-18-21-57-36(50)20-19-35(49)48(14)33-22-27(4)58-43(28(33)5)62-41-29(6)38(61-37-24-45(11,56-15)40(52)32(9)59-37)30(7)42(53)60-34(17-2)46(12,55)39(51)31(8)47(13)25-26(3)23-44(41,10)54/h19-20,26-34,37-41,43,51-52,54-55H,16-18,21-25H2,1-15H3/b20-19+/t26-,27-,28-,29+,30-,31-,32+,33+,34-,37+,38?,39-,40+,41-,43+,44?,45-,46-/m0/s1. The minimum Gasteiger partial charge on any atom is -0.463 e. The van der Waals surface area contributed by atoms with Gasteiger partial charge in [0.15, 0.2) is 12.6 Å². The Kier molecular flexibility index (Phi) is 19.9. The van der Waals surface area contributed by atoms with Gasteiger partial charge in [0.05, 0.1) is 48.1 Å². The summed E-state index contributed by atoms with van der Waals surface area (Å²) in [6.45, 7) is 22.1. The molecule has 16 heteroatoms. The predicted octanol–water partition coefficient (Wildman–Crippen LogP) is 3.97. The average molecular weight is 887 g/mol. The Bertz CT molecular complexity index is 1480. The zero-order valence-electron chi connectivity index (χ0n) is 40.2. The molecule has 3 aliphatic heterocycles. The molecular weight excluding hydrogens is 805 g/mol. The van der Waals surface area contributed by atoms with E-state index in [-0.39, 0.29) is 37.9 Å². The van der Waals surface area contributed by atoms with E-state index >= 15 is 0 Å². The van der Waals surface area contributed by atoms with Crippen molar-refractivity contribution >= 4 is 17.8 Å². The SMILES string of the molecule is CCCCOC(=O)/C=C/C(=O)N(C)[C@@H]1C[C@H](C)O[C@H](O[C@H]2[C@H](C)C(O[C@@H]3C[C@](C)(OC)[C@H](O)[C@@H](C)O3)[C@H](C)C(=O)O[C@@H](CC)[C@](C)(O)[C@@H](O)[C@H](C)N(C)C[C@@H](C)CC2(C)O)[C@H]1C. The molecular formula is C46H82N2O14. The van der Waals surface area contributed by atoms with Crippen LogP contribution in [0.2, 0.25) is 0 Å². The van der Waals surface area contributed by atoms with Crippen molar-refractivity contribution in [1.82, 2.24) is 9.80 Å². The molecule has 2 unspecified atom stereocenters. The van der Waals surface area contributed by atoms with Crippen molar-refractivity contribution in [2.45, 2.75) is 206 Å². The fraction of sp³-hybridized carbons (Fsp3) is 0.891. The molecule has 3 rings (SSSR count). The zero-order chi connectivity index (χ0) is 47.1. The quantitative estimate of drug-likeness (QED) is 0.125. The number of likely N-dealkylation sites (N-methyl/N-ethyl adjacent to an activating group) is 2. The third-order valence-corrected chi connectivity index (χ3v) is 13.9. The Morgan fingerprint density at radius 1 is 0.935 bits per heavy atom. The number of ether oxygens (including phenoxy) is 7. The van der Waals surface area contributed by atoms with Crippen molar-refractivity contribution in [3.05, 3.63) is 12.2 Å². The fourth-order valence-electron chi connectivity index (χ4n) is 9.68. The number of cyclic esters (lactones) is 1. The largest absolute Gasteiger partial charge is 0.463 e. The van der Waals surface area contributed by atoms with Crippen LogP contribution in [0.1, 0.15) is 122 Å². The number of rotatable bonds is 12. The second-order valence-corrected chi connectivity index (χ2v) is 19.4. The van der Waals surface area contributed by atoms with Crippen LogP contribution < -0.4 is 0 Å². The van der Waals surface area contributed by atoms with Crippen LogP contribution >= 0.6 is 0 Å². The molecule has 0 aliphatic carbocycles. The summed E-state index contributed by atoms with van der Waals surface area (Å²) in [6.07, 6.45) is -3.58. The van der Waals surface area contributed by atoms with Gasteiger partial charge >= 0.3 is 11.9 Å². The van der Waals surface area contributed by atoms with E-state index in [9.17, 15) is 34.8 Å². The van der Waals surface area contributed by atoms with Gasteiger partial charge in [0, 0.05) is 63.2 Å². The monoisotopic (exact) mass is 887 g/mol. The number of hydrogen-bond acceptors (Lipinski definition) is 15. The number of methoxy groups -OCH3 is 1. The molecule has 62 heavy (non-hydrogen) atoms. The van der Waals surface area contributed by atoms with Crippen molar-refractivity contribution in [2.24, 2.45) is 23.7 Å². The van der Waals surface area contributed by atoms with E-state index in [2.05, 4.69) is 0 Å². The van der Waals surface area contributed by atoms with Crippen molar-refractivity contribution in [3.63, 3.8) is 0 Å². The van der Waals surface area contributed by atoms with Gasteiger partial charge in [-0.2, -0.15) is 0 Å². The Balaban J connectivity index is 2.13. The smallest absolute Gasteiger partial charge is 0.330 e. The average Bonchev–Trinajstić information content (AvgIpc) is 3.20. The highest BCUT2D eigenvalue weighted by Crippen LogP contribution is 2.41. The predicted molar refractivity (Wildman–Crippen MR) is 231 cm³/mol. The third-order valence-electron chi connectivity index (χ3n) is 13.9. The van der Waals surface area contributed by atoms with Gasteiger partial charge in [-0.1, -0.05) is 41.0 Å². The molecule has 0 saturated carbocycles. The second kappa shape index (κ2) is 22.8. The Labute approximate surface area is 370 Å². The molecule has 0 aromatic rings. The van der Waals surface area contributed by atoms with Gasteiger partial charge in [-0.05, 0) is 87.1 Å². The van der Waals surface area contributed by atoms with Crippen molar-refractivity contribution in [3.8, 4) is 0 Å². The molecule has 18 atom stereocenters. The van der Waals surface area contributed by atoms with Crippen molar-refractivity contribution < 1.29 is 68.0 Å². The van der Waals surface area contributed by atoms with Crippen LogP contribution in [0.4, 0.5) is 0 Å². The summed E-state index contributed by atoms with van der Waals surface area (Å²) in [7, 11) is 5.00. The van der Waals surface area contributed by atoms with Gasteiger partial charge in [-0.15, -0.1) is 0 Å². The van der Waals surface area contributed by atoms with Crippen LogP contribution in [0.25, 0.3) is 0 Å². The van der Waals surface area contributed by atoms with Crippen molar-refractivity contribution in [1.29, 1.82) is 0 Å². The lowest BCUT2D eigenvalue weighted by molar-refractivity contribution is -0.312. The number of esters is 2.